The van der Waals surface area contributed by atoms with E-state index in [9.17, 15) is 9.59 Å². The zero-order valence-corrected chi connectivity index (χ0v) is 27.6. The number of rotatable bonds is 19. The number of carbonyl (C=O) groups is 2. The molecule has 0 radical (unpaired) electrons. The van der Waals surface area contributed by atoms with Gasteiger partial charge in [-0.2, -0.15) is 0 Å². The zero-order chi connectivity index (χ0) is 29.5. The van der Waals surface area contributed by atoms with E-state index in [-0.39, 0.29) is 23.6 Å². The molecule has 228 valence electrons. The number of cyclic esters (lactones) is 2. The lowest BCUT2D eigenvalue weighted by molar-refractivity contribution is -0.145. The normalized spacial score (nSPS) is 22.1. The third kappa shape index (κ3) is 12.1. The van der Waals surface area contributed by atoms with Crippen LogP contribution < -0.4 is 0 Å². The predicted octanol–water partition coefficient (Wildman–Crippen LogP) is 9.53. The van der Waals surface area contributed by atoms with Crippen LogP contribution in [0.5, 0.6) is 0 Å². The Labute approximate surface area is 246 Å². The molecule has 0 bridgehead atoms. The highest BCUT2D eigenvalue weighted by molar-refractivity contribution is 6.74. The minimum absolute atomic E-state index is 0.0404. The van der Waals surface area contributed by atoms with Gasteiger partial charge in [0.1, 0.15) is 0 Å². The van der Waals surface area contributed by atoms with E-state index < -0.39 is 13.9 Å². The highest BCUT2D eigenvalue weighted by Crippen LogP contribution is 2.40. The maximum Gasteiger partial charge on any atom is 0.334 e. The van der Waals surface area contributed by atoms with E-state index in [2.05, 4.69) is 52.9 Å². The number of allylic oxidation sites excluding steroid dienone is 3. The molecular formula is C34H58O5Si. The van der Waals surface area contributed by atoms with Crippen LogP contribution in [0, 0.1) is 0 Å². The number of hydrogen-bond donors (Lipinski definition) is 0. The first-order valence-electron chi connectivity index (χ1n) is 16.1. The van der Waals surface area contributed by atoms with Gasteiger partial charge in [0.25, 0.3) is 0 Å². The maximum atomic E-state index is 12.9. The predicted molar refractivity (Wildman–Crippen MR) is 168 cm³/mol. The van der Waals surface area contributed by atoms with Crippen LogP contribution in [0.1, 0.15) is 130 Å². The van der Waals surface area contributed by atoms with Crippen molar-refractivity contribution in [3.05, 3.63) is 35.5 Å². The quantitative estimate of drug-likeness (QED) is 0.0505. The summed E-state index contributed by atoms with van der Waals surface area (Å²) in [6.45, 7) is 13.9. The minimum atomic E-state index is -2.06. The smallest absolute Gasteiger partial charge is 0.334 e. The molecule has 0 aromatic heterocycles. The summed E-state index contributed by atoms with van der Waals surface area (Å²) in [5, 5.41) is 0.0404. The molecule has 2 rings (SSSR count). The Morgan fingerprint density at radius 1 is 0.825 bits per heavy atom. The molecule has 1 atom stereocenters. The van der Waals surface area contributed by atoms with Gasteiger partial charge in [-0.15, -0.1) is 0 Å². The topological polar surface area (TPSA) is 61.8 Å². The molecular weight excluding hydrogens is 516 g/mol. The van der Waals surface area contributed by atoms with Crippen molar-refractivity contribution in [2.24, 2.45) is 0 Å². The van der Waals surface area contributed by atoms with E-state index in [4.69, 9.17) is 13.9 Å². The van der Waals surface area contributed by atoms with E-state index in [1.165, 1.54) is 77.0 Å². The molecule has 0 N–H and O–H groups in total. The number of carbonyl (C=O) groups excluding carboxylic acids is 2. The Bertz CT molecular complexity index is 879. The fourth-order valence-corrected chi connectivity index (χ4v) is 5.98. The molecule has 0 aliphatic carbocycles. The van der Waals surface area contributed by atoms with E-state index in [0.717, 1.165) is 12.8 Å². The highest BCUT2D eigenvalue weighted by Gasteiger charge is 2.46. The third-order valence-electron chi connectivity index (χ3n) is 8.69. The average Bonchev–Trinajstić information content (AvgIpc) is 3.43. The minimum Gasteiger partial charge on any atom is -0.462 e. The summed E-state index contributed by atoms with van der Waals surface area (Å²) in [5.41, 5.74) is 0.363. The lowest BCUT2D eigenvalue weighted by Gasteiger charge is -2.38. The first-order valence-corrected chi connectivity index (χ1v) is 19.0. The van der Waals surface area contributed by atoms with Gasteiger partial charge in [-0.1, -0.05) is 97.3 Å². The Morgan fingerprint density at radius 2 is 1.40 bits per heavy atom. The van der Waals surface area contributed by atoms with Gasteiger partial charge >= 0.3 is 11.9 Å². The second kappa shape index (κ2) is 17.3. The largest absolute Gasteiger partial charge is 0.462 e. The molecule has 0 unspecified atom stereocenters. The summed E-state index contributed by atoms with van der Waals surface area (Å²) in [6.07, 6.45) is 27.1. The Kier molecular flexibility index (Phi) is 15.0. The second-order valence-electron chi connectivity index (χ2n) is 13.3. The number of ether oxygens (including phenoxy) is 2. The lowest BCUT2D eigenvalue weighted by atomic mass is 9.94. The third-order valence-corrected chi connectivity index (χ3v) is 13.2. The fourth-order valence-electron chi connectivity index (χ4n) is 4.95. The summed E-state index contributed by atoms with van der Waals surface area (Å²) in [5.74, 6) is -0.594. The molecule has 6 heteroatoms. The first-order chi connectivity index (χ1) is 19.0. The molecule has 0 aromatic rings. The van der Waals surface area contributed by atoms with Crippen LogP contribution in [0.4, 0.5) is 0 Å². The van der Waals surface area contributed by atoms with Crippen molar-refractivity contribution in [2.45, 2.75) is 154 Å². The molecule has 0 spiro atoms. The van der Waals surface area contributed by atoms with Crippen LogP contribution in [0.3, 0.4) is 0 Å². The van der Waals surface area contributed by atoms with Crippen molar-refractivity contribution in [1.82, 2.24) is 0 Å². The standard InChI is InChI=1S/C34H58O5Si/c1-7-8-9-10-11-12-13-14-15-16-17-18-19-20-21-22-23-29-26-34(39-32(29)36,27-30-24-25-37-31(30)35)28-38-40(5,6)33(2,3)4/h14-15,23,27H,7-13,16-22,24-26,28H2,1-6H3/b15-14-,29-23+,30-27+/t34-/m0/s1. The van der Waals surface area contributed by atoms with Crippen LogP contribution in [0.15, 0.2) is 35.5 Å². The van der Waals surface area contributed by atoms with Gasteiger partial charge in [0.15, 0.2) is 13.9 Å². The molecule has 2 aliphatic heterocycles. The van der Waals surface area contributed by atoms with Crippen LogP contribution >= 0.6 is 0 Å². The van der Waals surface area contributed by atoms with Gasteiger partial charge in [-0.25, -0.2) is 9.59 Å². The van der Waals surface area contributed by atoms with Gasteiger partial charge in [0, 0.05) is 24.0 Å². The van der Waals surface area contributed by atoms with E-state index in [0.29, 0.717) is 30.6 Å². The van der Waals surface area contributed by atoms with Crippen molar-refractivity contribution in [3.8, 4) is 0 Å². The summed E-state index contributed by atoms with van der Waals surface area (Å²) in [7, 11) is -2.06. The molecule has 2 heterocycles. The van der Waals surface area contributed by atoms with Gasteiger partial charge in [-0.05, 0) is 62.7 Å². The van der Waals surface area contributed by atoms with Crippen LogP contribution in [0.25, 0.3) is 0 Å². The molecule has 40 heavy (non-hydrogen) atoms. The summed E-state index contributed by atoms with van der Waals surface area (Å²) < 4.78 is 17.6. The van der Waals surface area contributed by atoms with Gasteiger partial charge in [-0.3, -0.25) is 0 Å². The zero-order valence-electron chi connectivity index (χ0n) is 26.6. The van der Waals surface area contributed by atoms with Gasteiger partial charge in [0.05, 0.1) is 13.2 Å². The summed E-state index contributed by atoms with van der Waals surface area (Å²) in [6, 6.07) is 0. The van der Waals surface area contributed by atoms with Gasteiger partial charge in [0.2, 0.25) is 0 Å². The Balaban J connectivity index is 1.74. The molecule has 0 amide bonds. The summed E-state index contributed by atoms with van der Waals surface area (Å²) >= 11 is 0. The van der Waals surface area contributed by atoms with Crippen molar-refractivity contribution in [2.75, 3.05) is 13.2 Å². The molecule has 2 saturated heterocycles. The maximum absolute atomic E-state index is 12.9. The van der Waals surface area contributed by atoms with Crippen molar-refractivity contribution >= 4 is 20.3 Å². The molecule has 2 fully saturated rings. The Hall–Kier alpha value is -1.66. The molecule has 2 aliphatic rings. The number of hydrogen-bond acceptors (Lipinski definition) is 5. The molecule has 0 aromatic carbocycles. The van der Waals surface area contributed by atoms with E-state index >= 15 is 0 Å². The van der Waals surface area contributed by atoms with E-state index in [1.807, 2.05) is 12.2 Å². The lowest BCUT2D eigenvalue weighted by Crippen LogP contribution is -2.45. The average molecular weight is 575 g/mol. The number of esters is 2. The van der Waals surface area contributed by atoms with Gasteiger partial charge < -0.3 is 13.9 Å². The van der Waals surface area contributed by atoms with E-state index in [1.54, 1.807) is 0 Å². The number of unbranched alkanes of at least 4 members (excludes halogenated alkanes) is 12. The molecule has 5 nitrogen and oxygen atoms in total. The highest BCUT2D eigenvalue weighted by atomic mass is 28.4. The molecule has 0 saturated carbocycles. The summed E-state index contributed by atoms with van der Waals surface area (Å²) in [4.78, 5) is 25.1. The van der Waals surface area contributed by atoms with Crippen LogP contribution in [-0.4, -0.2) is 39.1 Å². The monoisotopic (exact) mass is 574 g/mol. The fraction of sp³-hybridized carbons (Fsp3) is 0.765. The second-order valence-corrected chi connectivity index (χ2v) is 18.1. The van der Waals surface area contributed by atoms with Crippen molar-refractivity contribution in [3.63, 3.8) is 0 Å². The SMILES string of the molecule is CCCCCCCC/C=C\CCCCCCC/C=C1\C[C@](/C=C2\CCOC2=O)(CO[Si](C)(C)C(C)(C)C)OC1=O. The van der Waals surface area contributed by atoms with Crippen molar-refractivity contribution in [1.29, 1.82) is 0 Å². The van der Waals surface area contributed by atoms with Crippen molar-refractivity contribution < 1.29 is 23.5 Å². The Morgan fingerprint density at radius 3 is 1.95 bits per heavy atom. The van der Waals surface area contributed by atoms with Crippen LogP contribution in [0.2, 0.25) is 18.1 Å². The first kappa shape index (κ1) is 34.5. The van der Waals surface area contributed by atoms with Crippen LogP contribution in [-0.2, 0) is 23.5 Å².